The molecule has 2 aliphatic rings. The van der Waals surface area contributed by atoms with Crippen LogP contribution in [0.5, 0.6) is 5.75 Å². The number of hydrogen-bond donors (Lipinski definition) is 1. The van der Waals surface area contributed by atoms with Crippen LogP contribution in [0.25, 0.3) is 0 Å². The van der Waals surface area contributed by atoms with Gasteiger partial charge in [-0.25, -0.2) is 4.79 Å². The number of piperidine rings is 1. The zero-order valence-corrected chi connectivity index (χ0v) is 25.3. The summed E-state index contributed by atoms with van der Waals surface area (Å²) in [6.07, 6.45) is 1.29. The Hall–Kier alpha value is -3.24. The van der Waals surface area contributed by atoms with Crippen LogP contribution in [-0.2, 0) is 9.53 Å². The summed E-state index contributed by atoms with van der Waals surface area (Å²) in [4.78, 5) is 27.6. The molecule has 0 bridgehead atoms. The van der Waals surface area contributed by atoms with Crippen LogP contribution in [0.1, 0.15) is 78.4 Å². The van der Waals surface area contributed by atoms with Crippen LogP contribution >= 0.6 is 11.6 Å². The van der Waals surface area contributed by atoms with E-state index in [2.05, 4.69) is 23.5 Å². The standard InChI is InChI=1S/C32H40ClN3O4/c1-30(2,3)40-29(38)36-16-14-21(15-17-36)20-8-11-23(12-9-20)35-27(37)26-31(4,5)28(32(26,6)7)39-24-13-10-22(19-34)25(33)18-24/h8-13,18,21,26,28H,14-17H2,1-7H3,(H,35,37)/t26-,28-. The minimum Gasteiger partial charge on any atom is -0.489 e. The van der Waals surface area contributed by atoms with Crippen molar-refractivity contribution < 1.29 is 19.1 Å². The monoisotopic (exact) mass is 565 g/mol. The number of benzene rings is 2. The second kappa shape index (κ2) is 11.0. The third-order valence-electron chi connectivity index (χ3n) is 8.21. The van der Waals surface area contributed by atoms with E-state index in [1.165, 1.54) is 5.56 Å². The van der Waals surface area contributed by atoms with Crippen LogP contribution in [0.15, 0.2) is 42.5 Å². The molecular formula is C32H40ClN3O4. The fraction of sp³-hybridized carbons (Fsp3) is 0.531. The fourth-order valence-corrected chi connectivity index (χ4v) is 6.89. The van der Waals surface area contributed by atoms with E-state index < -0.39 is 16.4 Å². The molecule has 2 aromatic carbocycles. The molecule has 1 saturated heterocycles. The average molecular weight is 566 g/mol. The quantitative estimate of drug-likeness (QED) is 0.408. The maximum Gasteiger partial charge on any atom is 0.410 e. The highest BCUT2D eigenvalue weighted by Gasteiger charge is 2.66. The molecule has 1 aliphatic carbocycles. The summed E-state index contributed by atoms with van der Waals surface area (Å²) in [7, 11) is 0. The average Bonchev–Trinajstić information content (AvgIpc) is 2.86. The number of halogens is 1. The molecular weight excluding hydrogens is 526 g/mol. The van der Waals surface area contributed by atoms with Crippen molar-refractivity contribution in [2.45, 2.75) is 78.9 Å². The van der Waals surface area contributed by atoms with Crippen LogP contribution in [0.4, 0.5) is 10.5 Å². The van der Waals surface area contributed by atoms with Crippen LogP contribution < -0.4 is 10.1 Å². The Morgan fingerprint density at radius 1 is 1.02 bits per heavy atom. The molecule has 1 saturated carbocycles. The molecule has 0 spiro atoms. The minimum absolute atomic E-state index is 0.0360. The molecule has 1 aliphatic heterocycles. The molecule has 0 unspecified atom stereocenters. The third-order valence-corrected chi connectivity index (χ3v) is 8.53. The van der Waals surface area contributed by atoms with Gasteiger partial charge in [0.2, 0.25) is 5.91 Å². The molecule has 2 fully saturated rings. The molecule has 7 nitrogen and oxygen atoms in total. The Labute approximate surface area is 242 Å². The molecule has 2 aromatic rings. The SMILES string of the molecule is CC(C)(C)OC(=O)N1CCC(c2ccc(NC(=O)[C@H]3C(C)(C)[C@H](Oc4ccc(C#N)c(Cl)c4)C3(C)C)cc2)CC1. The number of carbonyl (C=O) groups excluding carboxylic acids is 2. The number of hydrogen-bond acceptors (Lipinski definition) is 5. The van der Waals surface area contributed by atoms with Gasteiger partial charge in [0.05, 0.1) is 16.5 Å². The second-order valence-electron chi connectivity index (χ2n) is 13.2. The van der Waals surface area contributed by atoms with Gasteiger partial charge in [0, 0.05) is 35.7 Å². The lowest BCUT2D eigenvalue weighted by molar-refractivity contribution is -0.198. The van der Waals surface area contributed by atoms with Crippen molar-refractivity contribution in [3.05, 3.63) is 58.6 Å². The van der Waals surface area contributed by atoms with E-state index in [0.29, 0.717) is 35.3 Å². The van der Waals surface area contributed by atoms with E-state index in [0.717, 1.165) is 18.5 Å². The lowest BCUT2D eigenvalue weighted by Gasteiger charge is -2.62. The summed E-state index contributed by atoms with van der Waals surface area (Å²) < 4.78 is 11.8. The summed E-state index contributed by atoms with van der Waals surface area (Å²) in [5, 5.41) is 12.6. The summed E-state index contributed by atoms with van der Waals surface area (Å²) in [5.41, 5.74) is 1.03. The Kier molecular flexibility index (Phi) is 8.15. The first kappa shape index (κ1) is 29.7. The Morgan fingerprint density at radius 3 is 2.15 bits per heavy atom. The summed E-state index contributed by atoms with van der Waals surface area (Å²) >= 11 is 6.20. The zero-order valence-electron chi connectivity index (χ0n) is 24.5. The first-order chi connectivity index (χ1) is 18.6. The summed E-state index contributed by atoms with van der Waals surface area (Å²) in [6, 6.07) is 15.2. The van der Waals surface area contributed by atoms with Crippen molar-refractivity contribution in [2.75, 3.05) is 18.4 Å². The Bertz CT molecular complexity index is 1280. The van der Waals surface area contributed by atoms with Gasteiger partial charge in [-0.3, -0.25) is 4.79 Å². The predicted molar refractivity (Wildman–Crippen MR) is 156 cm³/mol. The van der Waals surface area contributed by atoms with Gasteiger partial charge in [-0.2, -0.15) is 5.26 Å². The number of ether oxygens (including phenoxy) is 2. The third kappa shape index (κ3) is 6.07. The van der Waals surface area contributed by atoms with E-state index in [1.54, 1.807) is 23.1 Å². The van der Waals surface area contributed by atoms with Crippen molar-refractivity contribution in [3.63, 3.8) is 0 Å². The normalized spacial score (nSPS) is 22.0. The largest absolute Gasteiger partial charge is 0.489 e. The lowest BCUT2D eigenvalue weighted by atomic mass is 9.45. The molecule has 0 radical (unpaired) electrons. The van der Waals surface area contributed by atoms with Gasteiger partial charge in [0.15, 0.2) is 0 Å². The maximum absolute atomic E-state index is 13.5. The molecule has 0 aromatic heterocycles. The molecule has 8 heteroatoms. The number of likely N-dealkylation sites (tertiary alicyclic amines) is 1. The van der Waals surface area contributed by atoms with Crippen LogP contribution in [0, 0.1) is 28.1 Å². The number of nitriles is 1. The van der Waals surface area contributed by atoms with Gasteiger partial charge in [0.25, 0.3) is 0 Å². The number of carbonyl (C=O) groups is 2. The van der Waals surface area contributed by atoms with E-state index in [-0.39, 0.29) is 24.0 Å². The second-order valence-corrected chi connectivity index (χ2v) is 13.6. The zero-order chi connectivity index (χ0) is 29.5. The first-order valence-electron chi connectivity index (χ1n) is 13.9. The lowest BCUT2D eigenvalue weighted by Crippen LogP contribution is -2.69. The van der Waals surface area contributed by atoms with Crippen LogP contribution in [-0.4, -0.2) is 41.7 Å². The molecule has 1 N–H and O–H groups in total. The number of anilines is 1. The van der Waals surface area contributed by atoms with Crippen molar-refractivity contribution in [2.24, 2.45) is 16.7 Å². The van der Waals surface area contributed by atoms with Gasteiger partial charge in [-0.15, -0.1) is 0 Å². The smallest absolute Gasteiger partial charge is 0.410 e. The molecule has 1 heterocycles. The first-order valence-corrected chi connectivity index (χ1v) is 14.3. The predicted octanol–water partition coefficient (Wildman–Crippen LogP) is 7.39. The highest BCUT2D eigenvalue weighted by molar-refractivity contribution is 6.31. The molecule has 4 rings (SSSR count). The van der Waals surface area contributed by atoms with Gasteiger partial charge in [-0.1, -0.05) is 51.4 Å². The number of rotatable bonds is 5. The van der Waals surface area contributed by atoms with Crippen molar-refractivity contribution >= 4 is 29.3 Å². The van der Waals surface area contributed by atoms with Crippen molar-refractivity contribution in [1.82, 2.24) is 4.90 Å². The molecule has 214 valence electrons. The molecule has 40 heavy (non-hydrogen) atoms. The van der Waals surface area contributed by atoms with Gasteiger partial charge in [-0.05, 0) is 69.4 Å². The van der Waals surface area contributed by atoms with Crippen molar-refractivity contribution in [1.29, 1.82) is 5.26 Å². The maximum atomic E-state index is 13.5. The van der Waals surface area contributed by atoms with E-state index in [1.807, 2.05) is 60.6 Å². The van der Waals surface area contributed by atoms with Crippen LogP contribution in [0.2, 0.25) is 5.02 Å². The fourth-order valence-electron chi connectivity index (χ4n) is 6.67. The molecule has 2 amide bonds. The van der Waals surface area contributed by atoms with E-state index in [9.17, 15) is 9.59 Å². The number of nitrogens with zero attached hydrogens (tertiary/aromatic N) is 2. The number of amides is 2. The summed E-state index contributed by atoms with van der Waals surface area (Å²) in [6.45, 7) is 15.2. The van der Waals surface area contributed by atoms with E-state index in [4.69, 9.17) is 26.3 Å². The number of nitrogens with one attached hydrogen (secondary N) is 1. The van der Waals surface area contributed by atoms with E-state index >= 15 is 0 Å². The minimum atomic E-state index is -0.495. The summed E-state index contributed by atoms with van der Waals surface area (Å²) in [5.74, 6) is 0.643. The Morgan fingerprint density at radius 2 is 1.62 bits per heavy atom. The van der Waals surface area contributed by atoms with Gasteiger partial charge < -0.3 is 19.7 Å². The Balaban J connectivity index is 1.35. The highest BCUT2D eigenvalue weighted by atomic mass is 35.5. The van der Waals surface area contributed by atoms with Crippen LogP contribution in [0.3, 0.4) is 0 Å². The van der Waals surface area contributed by atoms with Crippen molar-refractivity contribution in [3.8, 4) is 11.8 Å². The van der Waals surface area contributed by atoms with Gasteiger partial charge >= 0.3 is 6.09 Å². The molecule has 0 atom stereocenters. The van der Waals surface area contributed by atoms with Gasteiger partial charge in [0.1, 0.15) is 23.5 Å². The topological polar surface area (TPSA) is 91.7 Å². The highest BCUT2D eigenvalue weighted by Crippen LogP contribution is 2.60.